The van der Waals surface area contributed by atoms with E-state index in [0.717, 1.165) is 19.9 Å². The van der Waals surface area contributed by atoms with Crippen LogP contribution in [-0.2, 0) is 14.8 Å². The predicted molar refractivity (Wildman–Crippen MR) is 126 cm³/mol. The summed E-state index contributed by atoms with van der Waals surface area (Å²) in [6.45, 7) is 3.37. The van der Waals surface area contributed by atoms with Gasteiger partial charge < -0.3 is 10.1 Å². The number of aryl methyl sites for hydroxylation is 2. The van der Waals surface area contributed by atoms with E-state index >= 15 is 0 Å². The van der Waals surface area contributed by atoms with Gasteiger partial charge in [-0.25, -0.2) is 8.42 Å². The van der Waals surface area contributed by atoms with Crippen molar-refractivity contribution >= 4 is 43.2 Å². The van der Waals surface area contributed by atoms with Gasteiger partial charge in [0.2, 0.25) is 5.91 Å². The van der Waals surface area contributed by atoms with E-state index in [1.165, 1.54) is 19.2 Å². The van der Waals surface area contributed by atoms with Crippen LogP contribution in [0.5, 0.6) is 5.75 Å². The van der Waals surface area contributed by atoms with Crippen LogP contribution in [0.2, 0.25) is 0 Å². The number of nitrogens with zero attached hydrogens (tertiary/aromatic N) is 1. The largest absolute Gasteiger partial charge is 0.495 e. The van der Waals surface area contributed by atoms with Gasteiger partial charge in [0.05, 0.1) is 17.7 Å². The van der Waals surface area contributed by atoms with Gasteiger partial charge in [0.1, 0.15) is 12.3 Å². The zero-order valence-electron chi connectivity index (χ0n) is 17.4. The summed E-state index contributed by atoms with van der Waals surface area (Å²) in [5.74, 6) is -0.117. The first-order valence-corrected chi connectivity index (χ1v) is 11.7. The first-order valence-electron chi connectivity index (χ1n) is 9.51. The standard InChI is InChI=1S/C23H23BrN2O4S/c1-16-8-11-19(12-9-16)31(28,29)26(21-6-4-5-7-22(21)30-3)15-23(27)25-18-10-13-20(24)17(2)14-18/h4-14H,15H2,1-3H3,(H,25,27). The Kier molecular flexibility index (Phi) is 7.02. The van der Waals surface area contributed by atoms with Gasteiger partial charge in [-0.3, -0.25) is 9.10 Å². The number of carbonyl (C=O) groups is 1. The molecule has 3 aromatic carbocycles. The Morgan fingerprint density at radius 1 is 1.03 bits per heavy atom. The molecule has 162 valence electrons. The summed E-state index contributed by atoms with van der Waals surface area (Å²) >= 11 is 3.43. The number of hydrogen-bond donors (Lipinski definition) is 1. The smallest absolute Gasteiger partial charge is 0.264 e. The lowest BCUT2D eigenvalue weighted by Gasteiger charge is -2.25. The molecule has 0 spiro atoms. The maximum absolute atomic E-state index is 13.5. The zero-order valence-corrected chi connectivity index (χ0v) is 19.8. The summed E-state index contributed by atoms with van der Waals surface area (Å²) in [4.78, 5) is 12.9. The molecule has 0 bridgehead atoms. The highest BCUT2D eigenvalue weighted by molar-refractivity contribution is 9.10. The molecule has 0 fully saturated rings. The van der Waals surface area contributed by atoms with Gasteiger partial charge in [0.25, 0.3) is 10.0 Å². The molecule has 1 amide bonds. The number of benzene rings is 3. The normalized spacial score (nSPS) is 11.1. The van der Waals surface area contributed by atoms with Crippen LogP contribution in [-0.4, -0.2) is 28.0 Å². The number of ether oxygens (including phenoxy) is 1. The lowest BCUT2D eigenvalue weighted by Crippen LogP contribution is -2.38. The van der Waals surface area contributed by atoms with Crippen LogP contribution in [0.25, 0.3) is 0 Å². The molecule has 6 nitrogen and oxygen atoms in total. The summed E-state index contributed by atoms with van der Waals surface area (Å²) in [6, 6.07) is 18.6. The van der Waals surface area contributed by atoms with Crippen molar-refractivity contribution in [2.45, 2.75) is 18.7 Å². The fourth-order valence-electron chi connectivity index (χ4n) is 3.03. The molecule has 0 aliphatic heterocycles. The lowest BCUT2D eigenvalue weighted by atomic mass is 10.2. The highest BCUT2D eigenvalue weighted by Gasteiger charge is 2.29. The first kappa shape index (κ1) is 22.8. The van der Waals surface area contributed by atoms with Gasteiger partial charge in [0.15, 0.2) is 0 Å². The van der Waals surface area contributed by atoms with E-state index < -0.39 is 22.5 Å². The van der Waals surface area contributed by atoms with Crippen molar-refractivity contribution in [1.29, 1.82) is 0 Å². The minimum Gasteiger partial charge on any atom is -0.495 e. The third-order valence-corrected chi connectivity index (χ3v) is 7.36. The molecule has 0 aromatic heterocycles. The van der Waals surface area contributed by atoms with Crippen molar-refractivity contribution in [3.63, 3.8) is 0 Å². The Morgan fingerprint density at radius 3 is 2.35 bits per heavy atom. The van der Waals surface area contributed by atoms with Crippen molar-refractivity contribution in [3.8, 4) is 5.75 Å². The molecular formula is C23H23BrN2O4S. The third-order valence-electron chi connectivity index (χ3n) is 4.69. The number of methoxy groups -OCH3 is 1. The summed E-state index contributed by atoms with van der Waals surface area (Å²) < 4.78 is 34.3. The monoisotopic (exact) mass is 502 g/mol. The Balaban J connectivity index is 1.98. The topological polar surface area (TPSA) is 75.7 Å². The van der Waals surface area contributed by atoms with Gasteiger partial charge in [-0.05, 0) is 61.9 Å². The molecule has 8 heteroatoms. The van der Waals surface area contributed by atoms with Gasteiger partial charge in [-0.2, -0.15) is 0 Å². The van der Waals surface area contributed by atoms with Crippen LogP contribution in [0.3, 0.4) is 0 Å². The number of nitrogens with one attached hydrogen (secondary N) is 1. The van der Waals surface area contributed by atoms with E-state index in [1.54, 1.807) is 42.5 Å². The number of halogens is 1. The highest BCUT2D eigenvalue weighted by atomic mass is 79.9. The predicted octanol–water partition coefficient (Wildman–Crippen LogP) is 4.91. The van der Waals surface area contributed by atoms with E-state index in [4.69, 9.17) is 4.74 Å². The van der Waals surface area contributed by atoms with Crippen LogP contribution in [0.15, 0.2) is 76.1 Å². The molecule has 1 N–H and O–H groups in total. The second kappa shape index (κ2) is 9.53. The molecule has 0 atom stereocenters. The molecule has 3 aromatic rings. The minimum absolute atomic E-state index is 0.0938. The fraction of sp³-hybridized carbons (Fsp3) is 0.174. The minimum atomic E-state index is -4.02. The van der Waals surface area contributed by atoms with Gasteiger partial charge in [0, 0.05) is 10.2 Å². The number of amides is 1. The fourth-order valence-corrected chi connectivity index (χ4v) is 4.70. The molecule has 0 radical (unpaired) electrons. The van der Waals surface area contributed by atoms with E-state index in [2.05, 4.69) is 21.2 Å². The number of carbonyl (C=O) groups excluding carboxylic acids is 1. The van der Waals surface area contributed by atoms with Gasteiger partial charge in [-0.1, -0.05) is 45.8 Å². The molecular weight excluding hydrogens is 480 g/mol. The number of para-hydroxylation sites is 2. The second-order valence-corrected chi connectivity index (χ2v) is 9.73. The van der Waals surface area contributed by atoms with Crippen molar-refractivity contribution in [3.05, 3.63) is 82.3 Å². The van der Waals surface area contributed by atoms with Crippen molar-refractivity contribution in [2.24, 2.45) is 0 Å². The highest BCUT2D eigenvalue weighted by Crippen LogP contribution is 2.32. The van der Waals surface area contributed by atoms with Crippen molar-refractivity contribution < 1.29 is 17.9 Å². The summed E-state index contributed by atoms with van der Waals surface area (Å²) in [5.41, 5.74) is 2.75. The maximum atomic E-state index is 13.5. The maximum Gasteiger partial charge on any atom is 0.264 e. The summed E-state index contributed by atoms with van der Waals surface area (Å²) in [5, 5.41) is 2.77. The average molecular weight is 503 g/mol. The van der Waals surface area contributed by atoms with E-state index in [9.17, 15) is 13.2 Å². The number of sulfonamides is 1. The van der Waals surface area contributed by atoms with Gasteiger partial charge >= 0.3 is 0 Å². The molecule has 0 unspecified atom stereocenters. The Hall–Kier alpha value is -2.84. The van der Waals surface area contributed by atoms with Gasteiger partial charge in [-0.15, -0.1) is 0 Å². The third kappa shape index (κ3) is 5.26. The summed E-state index contributed by atoms with van der Waals surface area (Å²) in [7, 11) is -2.56. The quantitative estimate of drug-likeness (QED) is 0.497. The van der Waals surface area contributed by atoms with Crippen LogP contribution in [0.4, 0.5) is 11.4 Å². The molecule has 0 heterocycles. The van der Waals surface area contributed by atoms with Crippen molar-refractivity contribution in [1.82, 2.24) is 0 Å². The number of rotatable bonds is 7. The number of hydrogen-bond acceptors (Lipinski definition) is 4. The molecule has 0 aliphatic carbocycles. The molecule has 0 aliphatic rings. The molecule has 3 rings (SSSR count). The van der Waals surface area contributed by atoms with E-state index in [1.807, 2.05) is 26.0 Å². The molecule has 31 heavy (non-hydrogen) atoms. The molecule has 0 saturated carbocycles. The van der Waals surface area contributed by atoms with Crippen molar-refractivity contribution in [2.75, 3.05) is 23.3 Å². The van der Waals surface area contributed by atoms with Crippen LogP contribution < -0.4 is 14.4 Å². The van der Waals surface area contributed by atoms with Crippen LogP contribution in [0, 0.1) is 13.8 Å². The number of anilines is 2. The van der Waals surface area contributed by atoms with Crippen LogP contribution in [0.1, 0.15) is 11.1 Å². The molecule has 0 saturated heterocycles. The first-order chi connectivity index (χ1) is 14.7. The average Bonchev–Trinajstić information content (AvgIpc) is 2.75. The SMILES string of the molecule is COc1ccccc1N(CC(=O)Nc1ccc(Br)c(C)c1)S(=O)(=O)c1ccc(C)cc1. The Labute approximate surface area is 191 Å². The van der Waals surface area contributed by atoms with E-state index in [0.29, 0.717) is 11.4 Å². The second-order valence-electron chi connectivity index (χ2n) is 7.01. The van der Waals surface area contributed by atoms with Crippen LogP contribution >= 0.6 is 15.9 Å². The lowest BCUT2D eigenvalue weighted by molar-refractivity contribution is -0.114. The Bertz CT molecular complexity index is 1190. The van der Waals surface area contributed by atoms with E-state index in [-0.39, 0.29) is 10.6 Å². The summed E-state index contributed by atoms with van der Waals surface area (Å²) in [6.07, 6.45) is 0. The Morgan fingerprint density at radius 2 is 1.71 bits per heavy atom. The zero-order chi connectivity index (χ0) is 22.6.